The number of hydrogen-bond acceptors (Lipinski definition) is 4. The summed E-state index contributed by atoms with van der Waals surface area (Å²) in [5.41, 5.74) is 1.89. The van der Waals surface area contributed by atoms with Gasteiger partial charge < -0.3 is 9.15 Å². The van der Waals surface area contributed by atoms with E-state index in [1.54, 1.807) is 30.3 Å². The SMILES string of the molecule is O=C(Oc1ccc2oc3ccccc3c2c1)c1ccc(Cl)nc1. The van der Waals surface area contributed by atoms with Crippen LogP contribution in [0.5, 0.6) is 5.75 Å². The predicted octanol–water partition coefficient (Wildman–Crippen LogP) is 4.85. The lowest BCUT2D eigenvalue weighted by Crippen LogP contribution is -2.08. The number of nitrogens with zero attached hydrogens (tertiary/aromatic N) is 1. The highest BCUT2D eigenvalue weighted by atomic mass is 35.5. The first-order chi connectivity index (χ1) is 11.2. The molecule has 2 heterocycles. The molecule has 0 unspecified atom stereocenters. The van der Waals surface area contributed by atoms with E-state index in [1.165, 1.54) is 6.20 Å². The zero-order chi connectivity index (χ0) is 15.8. The van der Waals surface area contributed by atoms with Crippen molar-refractivity contribution in [2.75, 3.05) is 0 Å². The maximum Gasteiger partial charge on any atom is 0.345 e. The number of para-hydroxylation sites is 1. The average Bonchev–Trinajstić information content (AvgIpc) is 2.93. The van der Waals surface area contributed by atoms with Crippen LogP contribution in [0.1, 0.15) is 10.4 Å². The van der Waals surface area contributed by atoms with E-state index < -0.39 is 5.97 Å². The van der Waals surface area contributed by atoms with E-state index in [-0.39, 0.29) is 0 Å². The monoisotopic (exact) mass is 323 g/mol. The molecule has 0 atom stereocenters. The van der Waals surface area contributed by atoms with Crippen LogP contribution in [-0.2, 0) is 0 Å². The number of hydrogen-bond donors (Lipinski definition) is 0. The summed E-state index contributed by atoms with van der Waals surface area (Å²) in [5, 5.41) is 2.21. The first-order valence-electron chi connectivity index (χ1n) is 6.96. The predicted molar refractivity (Wildman–Crippen MR) is 87.9 cm³/mol. The van der Waals surface area contributed by atoms with Crippen LogP contribution in [0.25, 0.3) is 21.9 Å². The molecule has 0 aliphatic carbocycles. The maximum absolute atomic E-state index is 12.1. The van der Waals surface area contributed by atoms with Gasteiger partial charge in [0.2, 0.25) is 0 Å². The molecule has 2 aromatic carbocycles. The minimum absolute atomic E-state index is 0.327. The van der Waals surface area contributed by atoms with Gasteiger partial charge in [-0.05, 0) is 36.4 Å². The molecular weight excluding hydrogens is 314 g/mol. The number of pyridine rings is 1. The van der Waals surface area contributed by atoms with Crippen LogP contribution in [0, 0.1) is 0 Å². The zero-order valence-electron chi connectivity index (χ0n) is 11.8. The van der Waals surface area contributed by atoms with Crippen molar-refractivity contribution in [2.24, 2.45) is 0 Å². The third kappa shape index (κ3) is 2.53. The highest BCUT2D eigenvalue weighted by Crippen LogP contribution is 2.31. The highest BCUT2D eigenvalue weighted by Gasteiger charge is 2.12. The lowest BCUT2D eigenvalue weighted by molar-refractivity contribution is 0.0734. The Bertz CT molecular complexity index is 1020. The number of ether oxygens (including phenoxy) is 1. The molecule has 5 heteroatoms. The van der Waals surface area contributed by atoms with E-state index in [0.717, 1.165) is 21.9 Å². The van der Waals surface area contributed by atoms with Gasteiger partial charge in [-0.3, -0.25) is 0 Å². The molecule has 23 heavy (non-hydrogen) atoms. The van der Waals surface area contributed by atoms with Gasteiger partial charge in [-0.25, -0.2) is 9.78 Å². The second-order valence-corrected chi connectivity index (χ2v) is 5.40. The number of fused-ring (bicyclic) bond motifs is 3. The minimum Gasteiger partial charge on any atom is -0.456 e. The minimum atomic E-state index is -0.485. The Hall–Kier alpha value is -2.85. The molecule has 0 saturated carbocycles. The van der Waals surface area contributed by atoms with Crippen molar-refractivity contribution in [3.8, 4) is 5.75 Å². The first kappa shape index (κ1) is 13.8. The van der Waals surface area contributed by atoms with Crippen molar-refractivity contribution in [2.45, 2.75) is 0 Å². The molecule has 0 spiro atoms. The highest BCUT2D eigenvalue weighted by molar-refractivity contribution is 6.29. The third-order valence-electron chi connectivity index (χ3n) is 3.52. The van der Waals surface area contributed by atoms with Crippen molar-refractivity contribution >= 4 is 39.5 Å². The summed E-state index contributed by atoms with van der Waals surface area (Å²) >= 11 is 5.71. The van der Waals surface area contributed by atoms with Gasteiger partial charge in [-0.1, -0.05) is 29.8 Å². The largest absolute Gasteiger partial charge is 0.456 e. The smallest absolute Gasteiger partial charge is 0.345 e. The van der Waals surface area contributed by atoms with E-state index >= 15 is 0 Å². The van der Waals surface area contributed by atoms with Gasteiger partial charge in [-0.15, -0.1) is 0 Å². The summed E-state index contributed by atoms with van der Waals surface area (Å²) in [6, 6.07) is 16.1. The molecule has 0 aliphatic heterocycles. The summed E-state index contributed by atoms with van der Waals surface area (Å²) in [4.78, 5) is 16.0. The molecule has 0 radical (unpaired) electrons. The summed E-state index contributed by atoms with van der Waals surface area (Å²) < 4.78 is 11.1. The number of esters is 1. The van der Waals surface area contributed by atoms with Crippen molar-refractivity contribution in [3.63, 3.8) is 0 Å². The summed E-state index contributed by atoms with van der Waals surface area (Å²) in [5.74, 6) is -0.0367. The van der Waals surface area contributed by atoms with Crippen LogP contribution in [0.15, 0.2) is 65.2 Å². The molecule has 2 aromatic heterocycles. The molecule has 4 rings (SSSR count). The van der Waals surface area contributed by atoms with Gasteiger partial charge >= 0.3 is 5.97 Å². The summed E-state index contributed by atoms with van der Waals surface area (Å²) in [6.07, 6.45) is 1.39. The van der Waals surface area contributed by atoms with E-state index in [2.05, 4.69) is 4.98 Å². The number of carbonyl (C=O) groups is 1. The maximum atomic E-state index is 12.1. The Morgan fingerprint density at radius 2 is 1.83 bits per heavy atom. The van der Waals surface area contributed by atoms with Crippen molar-refractivity contribution in [1.29, 1.82) is 0 Å². The van der Waals surface area contributed by atoms with Crippen LogP contribution < -0.4 is 4.74 Å². The molecule has 0 aliphatic rings. The molecule has 4 aromatic rings. The van der Waals surface area contributed by atoms with Gasteiger partial charge in [0, 0.05) is 17.0 Å². The first-order valence-corrected chi connectivity index (χ1v) is 7.33. The van der Waals surface area contributed by atoms with Gasteiger partial charge in [-0.2, -0.15) is 0 Å². The van der Waals surface area contributed by atoms with Crippen LogP contribution in [-0.4, -0.2) is 11.0 Å². The molecule has 0 fully saturated rings. The second kappa shape index (κ2) is 5.41. The average molecular weight is 324 g/mol. The fourth-order valence-corrected chi connectivity index (χ4v) is 2.54. The van der Waals surface area contributed by atoms with Crippen molar-refractivity contribution < 1.29 is 13.9 Å². The summed E-state index contributed by atoms with van der Waals surface area (Å²) in [7, 11) is 0. The Balaban J connectivity index is 1.70. The molecular formula is C18H10ClNO3. The molecule has 0 bridgehead atoms. The van der Waals surface area contributed by atoms with E-state index in [9.17, 15) is 4.79 Å². The third-order valence-corrected chi connectivity index (χ3v) is 3.75. The van der Waals surface area contributed by atoms with Crippen LogP contribution in [0.2, 0.25) is 5.15 Å². The lowest BCUT2D eigenvalue weighted by Gasteiger charge is -2.04. The normalized spacial score (nSPS) is 11.0. The molecule has 4 nitrogen and oxygen atoms in total. The molecule has 0 amide bonds. The Kier molecular flexibility index (Phi) is 3.24. The number of benzene rings is 2. The fourth-order valence-electron chi connectivity index (χ4n) is 2.43. The lowest BCUT2D eigenvalue weighted by atomic mass is 10.1. The number of carbonyl (C=O) groups excluding carboxylic acids is 1. The number of aromatic nitrogens is 1. The second-order valence-electron chi connectivity index (χ2n) is 5.02. The Morgan fingerprint density at radius 3 is 2.65 bits per heavy atom. The van der Waals surface area contributed by atoms with Crippen LogP contribution >= 0.6 is 11.6 Å². The standard InChI is InChI=1S/C18H10ClNO3/c19-17-8-5-11(10-20-17)18(21)22-12-6-7-16-14(9-12)13-3-1-2-4-15(13)23-16/h1-10H. The molecule has 0 saturated heterocycles. The Morgan fingerprint density at radius 1 is 1.00 bits per heavy atom. The topological polar surface area (TPSA) is 52.3 Å². The van der Waals surface area contributed by atoms with E-state index in [0.29, 0.717) is 16.5 Å². The Labute approximate surface area is 136 Å². The number of rotatable bonds is 2. The van der Waals surface area contributed by atoms with Gasteiger partial charge in [0.1, 0.15) is 22.1 Å². The molecule has 0 N–H and O–H groups in total. The van der Waals surface area contributed by atoms with Crippen molar-refractivity contribution in [1.82, 2.24) is 4.98 Å². The van der Waals surface area contributed by atoms with Crippen molar-refractivity contribution in [3.05, 3.63) is 71.5 Å². The van der Waals surface area contributed by atoms with Crippen LogP contribution in [0.3, 0.4) is 0 Å². The van der Waals surface area contributed by atoms with Crippen LogP contribution in [0.4, 0.5) is 0 Å². The number of furan rings is 1. The molecule has 112 valence electrons. The fraction of sp³-hybridized carbons (Fsp3) is 0. The number of halogens is 1. The van der Waals surface area contributed by atoms with E-state index in [4.69, 9.17) is 20.8 Å². The summed E-state index contributed by atoms with van der Waals surface area (Å²) in [6.45, 7) is 0. The van der Waals surface area contributed by atoms with Gasteiger partial charge in [0.05, 0.1) is 5.56 Å². The zero-order valence-corrected chi connectivity index (χ0v) is 12.6. The quantitative estimate of drug-likeness (QED) is 0.300. The van der Waals surface area contributed by atoms with E-state index in [1.807, 2.05) is 24.3 Å². The van der Waals surface area contributed by atoms with Gasteiger partial charge in [0.25, 0.3) is 0 Å². The van der Waals surface area contributed by atoms with Gasteiger partial charge in [0.15, 0.2) is 0 Å².